The second-order valence-corrected chi connectivity index (χ2v) is 5.86. The number of hydrogen-bond donors (Lipinski definition) is 1. The van der Waals surface area contributed by atoms with Crippen LogP contribution >= 0.6 is 0 Å². The first-order valence-corrected chi connectivity index (χ1v) is 7.99. The molecule has 3 unspecified atom stereocenters. The van der Waals surface area contributed by atoms with Crippen LogP contribution in [0.25, 0.3) is 0 Å². The third kappa shape index (κ3) is 4.16. The van der Waals surface area contributed by atoms with Crippen molar-refractivity contribution in [2.45, 2.75) is 58.1 Å². The van der Waals surface area contributed by atoms with Crippen LogP contribution in [0.3, 0.4) is 0 Å². The molecule has 0 saturated heterocycles. The normalized spacial score (nSPS) is 25.8. The highest BCUT2D eigenvalue weighted by molar-refractivity contribution is 5.25. The number of rotatable bonds is 6. The van der Waals surface area contributed by atoms with Gasteiger partial charge in [-0.05, 0) is 50.3 Å². The lowest BCUT2D eigenvalue weighted by atomic mass is 9.82. The van der Waals surface area contributed by atoms with Crippen LogP contribution in [0.15, 0.2) is 18.2 Å². The van der Waals surface area contributed by atoms with E-state index in [0.29, 0.717) is 5.92 Å². The average molecular weight is 297 g/mol. The van der Waals surface area contributed by atoms with E-state index in [0.717, 1.165) is 38.3 Å². The maximum atomic E-state index is 13.8. The molecule has 2 nitrogen and oxygen atoms in total. The molecule has 21 heavy (non-hydrogen) atoms. The number of nitrogens with one attached hydrogen (secondary N) is 1. The van der Waals surface area contributed by atoms with Gasteiger partial charge in [-0.2, -0.15) is 4.39 Å². The van der Waals surface area contributed by atoms with E-state index < -0.39 is 11.6 Å². The van der Waals surface area contributed by atoms with E-state index in [2.05, 4.69) is 19.2 Å². The quantitative estimate of drug-likeness (QED) is 0.845. The monoisotopic (exact) mass is 297 g/mol. The molecule has 118 valence electrons. The van der Waals surface area contributed by atoms with Gasteiger partial charge < -0.3 is 10.1 Å². The Labute approximate surface area is 125 Å². The zero-order valence-electron chi connectivity index (χ0n) is 12.9. The Balaban J connectivity index is 2.09. The topological polar surface area (TPSA) is 21.3 Å². The van der Waals surface area contributed by atoms with Crippen molar-refractivity contribution < 1.29 is 13.5 Å². The van der Waals surface area contributed by atoms with Gasteiger partial charge in [0.1, 0.15) is 6.10 Å². The predicted molar refractivity (Wildman–Crippen MR) is 80.5 cm³/mol. The van der Waals surface area contributed by atoms with Crippen LogP contribution in [0, 0.1) is 17.6 Å². The first-order valence-electron chi connectivity index (χ1n) is 7.99. The van der Waals surface area contributed by atoms with Crippen molar-refractivity contribution in [2.75, 3.05) is 6.54 Å². The molecule has 3 atom stereocenters. The van der Waals surface area contributed by atoms with Crippen molar-refractivity contribution in [3.05, 3.63) is 29.8 Å². The van der Waals surface area contributed by atoms with Crippen LogP contribution in [-0.4, -0.2) is 18.7 Å². The molecule has 0 aliphatic heterocycles. The molecular formula is C17H25F2NO. The summed E-state index contributed by atoms with van der Waals surface area (Å²) < 4.78 is 32.9. The van der Waals surface area contributed by atoms with Gasteiger partial charge in [-0.25, -0.2) is 4.39 Å². The standard InChI is InChI=1S/C17H25F2NO/c1-3-10-20-14-9-8-12(4-2)11-16(14)21-15-7-5-6-13(18)17(15)19/h5-7,12,14,16,20H,3-4,8-11H2,1-2H3. The Hall–Kier alpha value is -1.16. The minimum absolute atomic E-state index is 0.0278. The zero-order valence-corrected chi connectivity index (χ0v) is 12.9. The van der Waals surface area contributed by atoms with Crippen molar-refractivity contribution in [2.24, 2.45) is 5.92 Å². The summed E-state index contributed by atoms with van der Waals surface area (Å²) in [6.45, 7) is 5.21. The second-order valence-electron chi connectivity index (χ2n) is 5.86. The molecule has 1 aromatic carbocycles. The smallest absolute Gasteiger partial charge is 0.200 e. The molecule has 1 fully saturated rings. The molecule has 0 amide bonds. The molecule has 1 saturated carbocycles. The molecule has 2 rings (SSSR count). The van der Waals surface area contributed by atoms with E-state index >= 15 is 0 Å². The first-order chi connectivity index (χ1) is 10.2. The Morgan fingerprint density at radius 2 is 2.05 bits per heavy atom. The van der Waals surface area contributed by atoms with Gasteiger partial charge in [-0.1, -0.05) is 26.3 Å². The number of benzene rings is 1. The van der Waals surface area contributed by atoms with Gasteiger partial charge in [0.15, 0.2) is 11.6 Å². The highest BCUT2D eigenvalue weighted by atomic mass is 19.2. The van der Waals surface area contributed by atoms with Crippen molar-refractivity contribution in [1.82, 2.24) is 5.32 Å². The van der Waals surface area contributed by atoms with Crippen molar-refractivity contribution in [3.63, 3.8) is 0 Å². The number of halogens is 2. The summed E-state index contributed by atoms with van der Waals surface area (Å²) in [5, 5.41) is 3.48. The summed E-state index contributed by atoms with van der Waals surface area (Å²) in [5.41, 5.74) is 0. The van der Waals surface area contributed by atoms with Crippen molar-refractivity contribution in [3.8, 4) is 5.75 Å². The fourth-order valence-electron chi connectivity index (χ4n) is 3.01. The van der Waals surface area contributed by atoms with E-state index in [1.807, 2.05) is 0 Å². The molecule has 1 aromatic rings. The highest BCUT2D eigenvalue weighted by Gasteiger charge is 2.31. The SMILES string of the molecule is CCCNC1CCC(CC)CC1Oc1cccc(F)c1F. The molecule has 0 bridgehead atoms. The van der Waals surface area contributed by atoms with E-state index in [-0.39, 0.29) is 17.9 Å². The predicted octanol–water partition coefficient (Wildman–Crippen LogP) is 4.29. The van der Waals surface area contributed by atoms with E-state index in [9.17, 15) is 8.78 Å². The van der Waals surface area contributed by atoms with Crippen molar-refractivity contribution >= 4 is 0 Å². The van der Waals surface area contributed by atoms with E-state index in [1.165, 1.54) is 18.6 Å². The molecular weight excluding hydrogens is 272 g/mol. The third-order valence-electron chi connectivity index (χ3n) is 4.33. The summed E-state index contributed by atoms with van der Waals surface area (Å²) in [6, 6.07) is 4.33. The zero-order chi connectivity index (χ0) is 15.2. The molecule has 0 spiro atoms. The largest absolute Gasteiger partial charge is 0.486 e. The maximum Gasteiger partial charge on any atom is 0.200 e. The Bertz CT molecular complexity index is 452. The molecule has 4 heteroatoms. The van der Waals surface area contributed by atoms with Gasteiger partial charge in [-0.15, -0.1) is 0 Å². The Morgan fingerprint density at radius 1 is 1.24 bits per heavy atom. The van der Waals surface area contributed by atoms with Crippen LogP contribution in [0.2, 0.25) is 0 Å². The average Bonchev–Trinajstić information content (AvgIpc) is 2.50. The van der Waals surface area contributed by atoms with Crippen LogP contribution in [0.4, 0.5) is 8.78 Å². The van der Waals surface area contributed by atoms with Gasteiger partial charge in [0.25, 0.3) is 0 Å². The van der Waals surface area contributed by atoms with Crippen LogP contribution in [0.1, 0.15) is 46.0 Å². The number of ether oxygens (including phenoxy) is 1. The van der Waals surface area contributed by atoms with Gasteiger partial charge in [0, 0.05) is 6.04 Å². The summed E-state index contributed by atoms with van der Waals surface area (Å²) in [7, 11) is 0. The van der Waals surface area contributed by atoms with E-state index in [1.54, 1.807) is 0 Å². The summed E-state index contributed by atoms with van der Waals surface area (Å²) in [6.07, 6.45) is 5.16. The molecule has 0 heterocycles. The second kappa shape index (κ2) is 7.74. The maximum absolute atomic E-state index is 13.8. The highest BCUT2D eigenvalue weighted by Crippen LogP contribution is 2.31. The molecule has 0 radical (unpaired) electrons. The summed E-state index contributed by atoms with van der Waals surface area (Å²) in [5.74, 6) is -1.11. The fourth-order valence-corrected chi connectivity index (χ4v) is 3.01. The minimum Gasteiger partial charge on any atom is -0.486 e. The Kier molecular flexibility index (Phi) is 5.97. The molecule has 1 aliphatic carbocycles. The minimum atomic E-state index is -0.884. The third-order valence-corrected chi connectivity index (χ3v) is 4.33. The van der Waals surface area contributed by atoms with Gasteiger partial charge >= 0.3 is 0 Å². The summed E-state index contributed by atoms with van der Waals surface area (Å²) >= 11 is 0. The van der Waals surface area contributed by atoms with Crippen LogP contribution in [0.5, 0.6) is 5.75 Å². The lowest BCUT2D eigenvalue weighted by molar-refractivity contribution is 0.0806. The van der Waals surface area contributed by atoms with Gasteiger partial charge in [0.2, 0.25) is 5.82 Å². The number of hydrogen-bond acceptors (Lipinski definition) is 2. The lowest BCUT2D eigenvalue weighted by Crippen LogP contribution is -2.47. The summed E-state index contributed by atoms with van der Waals surface area (Å²) in [4.78, 5) is 0. The van der Waals surface area contributed by atoms with Crippen LogP contribution < -0.4 is 10.1 Å². The lowest BCUT2D eigenvalue weighted by Gasteiger charge is -2.36. The molecule has 0 aromatic heterocycles. The molecule has 1 N–H and O–H groups in total. The van der Waals surface area contributed by atoms with Crippen molar-refractivity contribution in [1.29, 1.82) is 0 Å². The van der Waals surface area contributed by atoms with Gasteiger partial charge in [0.05, 0.1) is 0 Å². The first kappa shape index (κ1) is 16.2. The van der Waals surface area contributed by atoms with E-state index in [4.69, 9.17) is 4.74 Å². The molecule has 1 aliphatic rings. The van der Waals surface area contributed by atoms with Gasteiger partial charge in [-0.3, -0.25) is 0 Å². The van der Waals surface area contributed by atoms with Crippen LogP contribution in [-0.2, 0) is 0 Å². The Morgan fingerprint density at radius 3 is 2.76 bits per heavy atom. The fraction of sp³-hybridized carbons (Fsp3) is 0.647.